The normalized spacial score (nSPS) is 11.6. The van der Waals surface area contributed by atoms with E-state index in [-0.39, 0.29) is 11.3 Å². The topological polar surface area (TPSA) is 48.3 Å². The van der Waals surface area contributed by atoms with E-state index >= 15 is 0 Å². The standard InChI is InChI=1S/C14H21NO3/c1-5-18-9-8-15-10-11(6-7-12(15)16)13(17)14(2,3)4/h6-7,10H,5,8-9H2,1-4H3. The summed E-state index contributed by atoms with van der Waals surface area (Å²) in [5.41, 5.74) is 0.0149. The van der Waals surface area contributed by atoms with Gasteiger partial charge >= 0.3 is 0 Å². The molecule has 4 nitrogen and oxygen atoms in total. The summed E-state index contributed by atoms with van der Waals surface area (Å²) in [6.45, 7) is 9.07. The van der Waals surface area contributed by atoms with Gasteiger partial charge in [0.2, 0.25) is 0 Å². The molecule has 0 atom stereocenters. The van der Waals surface area contributed by atoms with Gasteiger partial charge in [-0.15, -0.1) is 0 Å². The first-order valence-electron chi connectivity index (χ1n) is 6.19. The van der Waals surface area contributed by atoms with Crippen molar-refractivity contribution in [1.29, 1.82) is 0 Å². The summed E-state index contributed by atoms with van der Waals surface area (Å²) in [7, 11) is 0. The summed E-state index contributed by atoms with van der Waals surface area (Å²) >= 11 is 0. The Hall–Kier alpha value is -1.42. The number of carbonyl (C=O) groups is 1. The van der Waals surface area contributed by atoms with Crippen LogP contribution in [-0.2, 0) is 11.3 Å². The molecule has 1 aromatic heterocycles. The minimum atomic E-state index is -0.442. The van der Waals surface area contributed by atoms with E-state index in [9.17, 15) is 9.59 Å². The van der Waals surface area contributed by atoms with E-state index in [0.29, 0.717) is 25.3 Å². The van der Waals surface area contributed by atoms with Crippen molar-refractivity contribution in [3.63, 3.8) is 0 Å². The first-order valence-corrected chi connectivity index (χ1v) is 6.19. The van der Waals surface area contributed by atoms with Crippen molar-refractivity contribution in [3.8, 4) is 0 Å². The molecule has 0 saturated carbocycles. The molecule has 0 aliphatic heterocycles. The lowest BCUT2D eigenvalue weighted by molar-refractivity contribution is 0.0856. The quantitative estimate of drug-likeness (QED) is 0.595. The second-order valence-electron chi connectivity index (χ2n) is 5.23. The number of aromatic nitrogens is 1. The molecule has 0 fully saturated rings. The predicted octanol–water partition coefficient (Wildman–Crippen LogP) is 2.11. The maximum atomic E-state index is 12.1. The molecule has 0 amide bonds. The van der Waals surface area contributed by atoms with E-state index in [0.717, 1.165) is 0 Å². The van der Waals surface area contributed by atoms with Crippen LogP contribution < -0.4 is 5.56 Å². The second-order valence-corrected chi connectivity index (χ2v) is 5.23. The van der Waals surface area contributed by atoms with Crippen LogP contribution in [0.5, 0.6) is 0 Å². The van der Waals surface area contributed by atoms with Crippen molar-refractivity contribution < 1.29 is 9.53 Å². The average molecular weight is 251 g/mol. The molecule has 0 aliphatic rings. The molecule has 0 aromatic carbocycles. The average Bonchev–Trinajstić information content (AvgIpc) is 2.30. The van der Waals surface area contributed by atoms with E-state index in [4.69, 9.17) is 4.74 Å². The van der Waals surface area contributed by atoms with Crippen molar-refractivity contribution >= 4 is 5.78 Å². The number of hydrogen-bond donors (Lipinski definition) is 0. The summed E-state index contributed by atoms with van der Waals surface area (Å²) < 4.78 is 6.74. The van der Waals surface area contributed by atoms with Crippen LogP contribution in [0.3, 0.4) is 0 Å². The Morgan fingerprint density at radius 2 is 2.00 bits per heavy atom. The number of pyridine rings is 1. The van der Waals surface area contributed by atoms with Crippen LogP contribution in [0.2, 0.25) is 0 Å². The first kappa shape index (κ1) is 14.6. The molecule has 1 heterocycles. The highest BCUT2D eigenvalue weighted by Gasteiger charge is 2.23. The van der Waals surface area contributed by atoms with Gasteiger partial charge in [0.1, 0.15) is 0 Å². The SMILES string of the molecule is CCOCCn1cc(C(=O)C(C)(C)C)ccc1=O. The number of nitrogens with zero attached hydrogens (tertiary/aromatic N) is 1. The first-order chi connectivity index (χ1) is 8.36. The largest absolute Gasteiger partial charge is 0.380 e. The second kappa shape index (κ2) is 5.96. The van der Waals surface area contributed by atoms with Crippen molar-refractivity contribution in [2.45, 2.75) is 34.2 Å². The Morgan fingerprint density at radius 1 is 1.33 bits per heavy atom. The monoisotopic (exact) mass is 251 g/mol. The fourth-order valence-electron chi connectivity index (χ4n) is 1.58. The third-order valence-corrected chi connectivity index (χ3v) is 2.61. The van der Waals surface area contributed by atoms with Crippen LogP contribution in [0.1, 0.15) is 38.1 Å². The van der Waals surface area contributed by atoms with Gasteiger partial charge in [0.25, 0.3) is 5.56 Å². The molecular weight excluding hydrogens is 230 g/mol. The molecule has 18 heavy (non-hydrogen) atoms. The lowest BCUT2D eigenvalue weighted by Gasteiger charge is -2.17. The van der Waals surface area contributed by atoms with E-state index in [1.165, 1.54) is 10.6 Å². The number of rotatable bonds is 5. The Bertz CT molecular complexity index is 469. The van der Waals surface area contributed by atoms with Gasteiger partial charge in [-0.1, -0.05) is 20.8 Å². The van der Waals surface area contributed by atoms with Gasteiger partial charge in [-0.05, 0) is 13.0 Å². The highest BCUT2D eigenvalue weighted by Crippen LogP contribution is 2.19. The fraction of sp³-hybridized carbons (Fsp3) is 0.571. The zero-order valence-corrected chi connectivity index (χ0v) is 11.5. The fourth-order valence-corrected chi connectivity index (χ4v) is 1.58. The van der Waals surface area contributed by atoms with Crippen LogP contribution in [-0.4, -0.2) is 23.6 Å². The van der Waals surface area contributed by atoms with Gasteiger partial charge in [-0.3, -0.25) is 9.59 Å². The van der Waals surface area contributed by atoms with Gasteiger partial charge in [-0.2, -0.15) is 0 Å². The van der Waals surface area contributed by atoms with E-state index in [2.05, 4.69) is 0 Å². The summed E-state index contributed by atoms with van der Waals surface area (Å²) in [5, 5.41) is 0. The minimum Gasteiger partial charge on any atom is -0.380 e. The summed E-state index contributed by atoms with van der Waals surface area (Å²) in [5.74, 6) is 0.0349. The number of ether oxygens (including phenoxy) is 1. The zero-order chi connectivity index (χ0) is 13.8. The van der Waals surface area contributed by atoms with Crippen molar-refractivity contribution in [2.75, 3.05) is 13.2 Å². The molecule has 4 heteroatoms. The van der Waals surface area contributed by atoms with Crippen LogP contribution in [0.25, 0.3) is 0 Å². The summed E-state index contributed by atoms with van der Waals surface area (Å²) in [4.78, 5) is 23.7. The van der Waals surface area contributed by atoms with E-state index in [1.54, 1.807) is 12.3 Å². The van der Waals surface area contributed by atoms with E-state index < -0.39 is 5.41 Å². The Balaban J connectivity index is 2.94. The van der Waals surface area contributed by atoms with Crippen LogP contribution in [0.15, 0.2) is 23.1 Å². The van der Waals surface area contributed by atoms with Crippen LogP contribution in [0, 0.1) is 5.41 Å². The lowest BCUT2D eigenvalue weighted by atomic mass is 9.87. The molecule has 0 bridgehead atoms. The third-order valence-electron chi connectivity index (χ3n) is 2.61. The highest BCUT2D eigenvalue weighted by atomic mass is 16.5. The number of hydrogen-bond acceptors (Lipinski definition) is 3. The van der Waals surface area contributed by atoms with Gasteiger partial charge in [0.15, 0.2) is 5.78 Å². The summed E-state index contributed by atoms with van der Waals surface area (Å²) in [6, 6.07) is 3.03. The predicted molar refractivity (Wildman–Crippen MR) is 71.0 cm³/mol. The maximum absolute atomic E-state index is 12.1. The van der Waals surface area contributed by atoms with Gasteiger partial charge < -0.3 is 9.30 Å². The Labute approximate surface area is 108 Å². The molecular formula is C14H21NO3. The van der Waals surface area contributed by atoms with Crippen LogP contribution in [0.4, 0.5) is 0 Å². The molecule has 0 unspecified atom stereocenters. The van der Waals surface area contributed by atoms with Gasteiger partial charge in [0, 0.05) is 36.4 Å². The van der Waals surface area contributed by atoms with E-state index in [1.807, 2.05) is 27.7 Å². The van der Waals surface area contributed by atoms with Crippen LogP contribution >= 0.6 is 0 Å². The number of carbonyl (C=O) groups excluding carboxylic acids is 1. The Morgan fingerprint density at radius 3 is 2.56 bits per heavy atom. The molecule has 0 N–H and O–H groups in total. The number of Topliss-reactive ketones (excluding diaryl/α,β-unsaturated/α-hetero) is 1. The zero-order valence-electron chi connectivity index (χ0n) is 11.5. The molecule has 0 spiro atoms. The molecule has 1 rings (SSSR count). The molecule has 0 radical (unpaired) electrons. The Kier molecular flexibility index (Phi) is 4.84. The third kappa shape index (κ3) is 3.81. The van der Waals surface area contributed by atoms with Gasteiger partial charge in [0.05, 0.1) is 6.61 Å². The minimum absolute atomic E-state index is 0.0349. The highest BCUT2D eigenvalue weighted by molar-refractivity contribution is 5.99. The number of ketones is 1. The summed E-state index contributed by atoms with van der Waals surface area (Å²) in [6.07, 6.45) is 1.62. The smallest absolute Gasteiger partial charge is 0.250 e. The molecule has 0 aliphatic carbocycles. The lowest BCUT2D eigenvalue weighted by Crippen LogP contribution is -2.26. The van der Waals surface area contributed by atoms with Crippen molar-refractivity contribution in [1.82, 2.24) is 4.57 Å². The van der Waals surface area contributed by atoms with Crippen molar-refractivity contribution in [3.05, 3.63) is 34.2 Å². The molecule has 100 valence electrons. The molecule has 1 aromatic rings. The molecule has 0 saturated heterocycles. The van der Waals surface area contributed by atoms with Gasteiger partial charge in [-0.25, -0.2) is 0 Å². The van der Waals surface area contributed by atoms with Crippen molar-refractivity contribution in [2.24, 2.45) is 5.41 Å². The maximum Gasteiger partial charge on any atom is 0.250 e.